The van der Waals surface area contributed by atoms with Gasteiger partial charge in [-0.05, 0) is 37.9 Å². The van der Waals surface area contributed by atoms with Crippen molar-refractivity contribution >= 4 is 23.3 Å². The maximum atomic E-state index is 12.2. The molecule has 2 aromatic rings. The first-order chi connectivity index (χ1) is 10.0. The summed E-state index contributed by atoms with van der Waals surface area (Å²) in [6.45, 7) is 3.71. The fourth-order valence-electron chi connectivity index (χ4n) is 2.23. The summed E-state index contributed by atoms with van der Waals surface area (Å²) in [6.07, 6.45) is 2.48. The standard InChI is InChI=1S/C14H14ClN5O/c1-7-3-4-16-12(17-7)9-6-10(9)13(21)19-11-5-8(2)18-14(15)20-11/h3-5,9-10H,6H2,1-2H3,(H,18,19,20,21)/t9-,10-/m0/s1. The molecule has 21 heavy (non-hydrogen) atoms. The fourth-order valence-corrected chi connectivity index (χ4v) is 2.46. The van der Waals surface area contributed by atoms with Crippen LogP contribution in [0.3, 0.4) is 0 Å². The van der Waals surface area contributed by atoms with Crippen molar-refractivity contribution < 1.29 is 4.79 Å². The van der Waals surface area contributed by atoms with Crippen LogP contribution in [0.5, 0.6) is 0 Å². The zero-order valence-corrected chi connectivity index (χ0v) is 12.4. The Labute approximate surface area is 127 Å². The Kier molecular flexibility index (Phi) is 3.55. The monoisotopic (exact) mass is 303 g/mol. The predicted octanol–water partition coefficient (Wildman–Crippen LogP) is 2.28. The molecule has 108 valence electrons. The van der Waals surface area contributed by atoms with Crippen molar-refractivity contribution in [2.75, 3.05) is 5.32 Å². The summed E-state index contributed by atoms with van der Waals surface area (Å²) in [5, 5.41) is 2.89. The first-order valence-electron chi connectivity index (χ1n) is 6.64. The van der Waals surface area contributed by atoms with Crippen molar-refractivity contribution in [2.45, 2.75) is 26.2 Å². The summed E-state index contributed by atoms with van der Waals surface area (Å²) in [4.78, 5) is 28.7. The number of carbonyl (C=O) groups is 1. The Bertz CT molecular complexity index is 685. The zero-order valence-electron chi connectivity index (χ0n) is 11.7. The molecule has 1 aliphatic rings. The number of rotatable bonds is 3. The molecule has 1 fully saturated rings. The average molecular weight is 304 g/mol. The number of anilines is 1. The first-order valence-corrected chi connectivity index (χ1v) is 7.02. The number of aryl methyl sites for hydroxylation is 2. The molecular weight excluding hydrogens is 290 g/mol. The van der Waals surface area contributed by atoms with Crippen LogP contribution in [0, 0.1) is 19.8 Å². The SMILES string of the molecule is Cc1cc(NC(=O)[C@H]2C[C@@H]2c2nccc(C)n2)nc(Cl)n1. The highest BCUT2D eigenvalue weighted by molar-refractivity contribution is 6.28. The molecule has 3 rings (SSSR count). The number of carbonyl (C=O) groups excluding carboxylic acids is 1. The molecule has 2 aromatic heterocycles. The maximum absolute atomic E-state index is 12.2. The van der Waals surface area contributed by atoms with E-state index >= 15 is 0 Å². The second-order valence-electron chi connectivity index (χ2n) is 5.16. The van der Waals surface area contributed by atoms with Gasteiger partial charge in [0.2, 0.25) is 11.2 Å². The highest BCUT2D eigenvalue weighted by Crippen LogP contribution is 2.46. The van der Waals surface area contributed by atoms with Crippen LogP contribution < -0.4 is 5.32 Å². The normalized spacial score (nSPS) is 20.1. The van der Waals surface area contributed by atoms with E-state index < -0.39 is 0 Å². The third kappa shape index (κ3) is 3.16. The molecule has 0 aliphatic heterocycles. The number of aromatic nitrogens is 4. The van der Waals surface area contributed by atoms with Crippen molar-refractivity contribution in [2.24, 2.45) is 5.92 Å². The minimum Gasteiger partial charge on any atom is -0.310 e. The smallest absolute Gasteiger partial charge is 0.229 e. The van der Waals surface area contributed by atoms with Gasteiger partial charge in [0.1, 0.15) is 11.6 Å². The summed E-state index contributed by atoms with van der Waals surface area (Å²) < 4.78 is 0. The molecule has 2 heterocycles. The highest BCUT2D eigenvalue weighted by Gasteiger charge is 2.46. The summed E-state index contributed by atoms with van der Waals surface area (Å²) in [7, 11) is 0. The lowest BCUT2D eigenvalue weighted by Crippen LogP contribution is -2.16. The van der Waals surface area contributed by atoms with Crippen molar-refractivity contribution in [3.8, 4) is 0 Å². The molecule has 1 saturated carbocycles. The topological polar surface area (TPSA) is 80.7 Å². The van der Waals surface area contributed by atoms with Gasteiger partial charge in [-0.25, -0.2) is 19.9 Å². The lowest BCUT2D eigenvalue weighted by molar-refractivity contribution is -0.117. The third-order valence-electron chi connectivity index (χ3n) is 3.35. The Hall–Kier alpha value is -2.08. The lowest BCUT2D eigenvalue weighted by atomic mass is 10.2. The van der Waals surface area contributed by atoms with Crippen LogP contribution in [0.25, 0.3) is 0 Å². The number of hydrogen-bond acceptors (Lipinski definition) is 5. The van der Waals surface area contributed by atoms with Crippen LogP contribution in [0.2, 0.25) is 5.28 Å². The third-order valence-corrected chi connectivity index (χ3v) is 3.52. The van der Waals surface area contributed by atoms with Gasteiger partial charge in [-0.15, -0.1) is 0 Å². The van der Waals surface area contributed by atoms with Crippen LogP contribution in [-0.4, -0.2) is 25.8 Å². The summed E-state index contributed by atoms with van der Waals surface area (Å²) in [5.41, 5.74) is 1.61. The van der Waals surface area contributed by atoms with Crippen molar-refractivity contribution in [3.05, 3.63) is 40.8 Å². The molecule has 1 N–H and O–H groups in total. The summed E-state index contributed by atoms with van der Waals surface area (Å²) >= 11 is 5.78. The molecule has 0 saturated heterocycles. The van der Waals surface area contributed by atoms with Gasteiger partial charge in [-0.3, -0.25) is 4.79 Å². The fraction of sp³-hybridized carbons (Fsp3) is 0.357. The number of nitrogens with zero attached hydrogens (tertiary/aromatic N) is 4. The van der Waals surface area contributed by atoms with Crippen molar-refractivity contribution in [1.29, 1.82) is 0 Å². The summed E-state index contributed by atoms with van der Waals surface area (Å²) in [6, 6.07) is 3.52. The van der Waals surface area contributed by atoms with Crippen molar-refractivity contribution in [1.82, 2.24) is 19.9 Å². The van der Waals surface area contributed by atoms with Crippen LogP contribution in [0.1, 0.15) is 29.6 Å². The second kappa shape index (κ2) is 5.37. The minimum atomic E-state index is -0.110. The van der Waals surface area contributed by atoms with E-state index in [0.29, 0.717) is 11.5 Å². The number of hydrogen-bond donors (Lipinski definition) is 1. The first kappa shape index (κ1) is 13.9. The van der Waals surface area contributed by atoms with Gasteiger partial charge in [0, 0.05) is 35.5 Å². The number of amides is 1. The molecule has 0 radical (unpaired) electrons. The number of nitrogens with one attached hydrogen (secondary N) is 1. The van der Waals surface area contributed by atoms with E-state index in [-0.39, 0.29) is 23.0 Å². The van der Waals surface area contributed by atoms with Crippen LogP contribution in [0.15, 0.2) is 18.3 Å². The molecule has 0 bridgehead atoms. The van der Waals surface area contributed by atoms with E-state index in [9.17, 15) is 4.79 Å². The number of halogens is 1. The summed E-state index contributed by atoms with van der Waals surface area (Å²) in [5.74, 6) is 1.05. The van der Waals surface area contributed by atoms with Crippen LogP contribution >= 0.6 is 11.6 Å². The van der Waals surface area contributed by atoms with E-state index in [1.807, 2.05) is 13.0 Å². The van der Waals surface area contributed by atoms with E-state index in [4.69, 9.17) is 11.6 Å². The Morgan fingerprint density at radius 3 is 2.81 bits per heavy atom. The van der Waals surface area contributed by atoms with Gasteiger partial charge in [-0.1, -0.05) is 0 Å². The Balaban J connectivity index is 1.68. The molecule has 2 atom stereocenters. The minimum absolute atomic E-state index is 0.0840. The largest absolute Gasteiger partial charge is 0.310 e. The van der Waals surface area contributed by atoms with Gasteiger partial charge in [0.15, 0.2) is 0 Å². The maximum Gasteiger partial charge on any atom is 0.229 e. The lowest BCUT2D eigenvalue weighted by Gasteiger charge is -2.05. The van der Waals surface area contributed by atoms with E-state index in [0.717, 1.165) is 17.9 Å². The molecule has 6 nitrogen and oxygen atoms in total. The van der Waals surface area contributed by atoms with Crippen molar-refractivity contribution in [3.63, 3.8) is 0 Å². The van der Waals surface area contributed by atoms with E-state index in [2.05, 4.69) is 25.3 Å². The van der Waals surface area contributed by atoms with Gasteiger partial charge < -0.3 is 5.32 Å². The molecule has 1 aliphatic carbocycles. The molecule has 0 spiro atoms. The van der Waals surface area contributed by atoms with E-state index in [1.165, 1.54) is 0 Å². The second-order valence-corrected chi connectivity index (χ2v) is 5.50. The van der Waals surface area contributed by atoms with Gasteiger partial charge in [-0.2, -0.15) is 0 Å². The molecule has 0 aromatic carbocycles. The zero-order chi connectivity index (χ0) is 15.0. The van der Waals surface area contributed by atoms with E-state index in [1.54, 1.807) is 19.2 Å². The molecular formula is C14H14ClN5O. The molecule has 1 amide bonds. The Morgan fingerprint density at radius 2 is 2.10 bits per heavy atom. The molecule has 0 unspecified atom stereocenters. The average Bonchev–Trinajstić information content (AvgIpc) is 3.17. The highest BCUT2D eigenvalue weighted by atomic mass is 35.5. The Morgan fingerprint density at radius 1 is 1.29 bits per heavy atom. The molecule has 7 heteroatoms. The predicted molar refractivity (Wildman–Crippen MR) is 78.0 cm³/mol. The van der Waals surface area contributed by atoms with Gasteiger partial charge in [0.25, 0.3) is 0 Å². The van der Waals surface area contributed by atoms with Gasteiger partial charge >= 0.3 is 0 Å². The van der Waals surface area contributed by atoms with Gasteiger partial charge in [0.05, 0.1) is 0 Å². The van der Waals surface area contributed by atoms with Crippen LogP contribution in [-0.2, 0) is 4.79 Å². The quantitative estimate of drug-likeness (QED) is 0.880. The van der Waals surface area contributed by atoms with Crippen LogP contribution in [0.4, 0.5) is 5.82 Å².